The van der Waals surface area contributed by atoms with Gasteiger partial charge in [0.05, 0.1) is 6.61 Å². The summed E-state index contributed by atoms with van der Waals surface area (Å²) in [5.41, 5.74) is -3.35. The van der Waals surface area contributed by atoms with Gasteiger partial charge in [-0.15, -0.1) is 0 Å². The highest BCUT2D eigenvalue weighted by Crippen LogP contribution is 2.41. The molecule has 1 atom stereocenters. The van der Waals surface area contributed by atoms with Gasteiger partial charge in [0.25, 0.3) is 11.6 Å². The average molecular weight is 317 g/mol. The SMILES string of the molecule is COCCC1=NN(C(=O)c2ccncc2)C(O)(C(F)(F)F)C1. The molecule has 0 aliphatic carbocycles. The molecule has 0 radical (unpaired) electrons. The molecule has 1 aromatic rings. The Labute approximate surface area is 124 Å². The molecule has 0 aromatic carbocycles. The van der Waals surface area contributed by atoms with Gasteiger partial charge in [-0.3, -0.25) is 9.78 Å². The monoisotopic (exact) mass is 317 g/mol. The van der Waals surface area contributed by atoms with E-state index in [1.54, 1.807) is 0 Å². The number of hydrogen-bond donors (Lipinski definition) is 1. The van der Waals surface area contributed by atoms with Gasteiger partial charge in [0.2, 0.25) is 0 Å². The Morgan fingerprint density at radius 3 is 2.64 bits per heavy atom. The second-order valence-corrected chi connectivity index (χ2v) is 4.75. The molecule has 0 bridgehead atoms. The van der Waals surface area contributed by atoms with Crippen molar-refractivity contribution in [2.75, 3.05) is 13.7 Å². The number of aliphatic hydroxyl groups is 1. The maximum atomic E-state index is 13.2. The predicted molar refractivity (Wildman–Crippen MR) is 70.0 cm³/mol. The van der Waals surface area contributed by atoms with Gasteiger partial charge in [-0.25, -0.2) is 0 Å². The zero-order valence-corrected chi connectivity index (χ0v) is 11.7. The Morgan fingerprint density at radius 2 is 2.09 bits per heavy atom. The summed E-state index contributed by atoms with van der Waals surface area (Å²) in [5.74, 6) is -1.05. The Kier molecular flexibility index (Phi) is 4.47. The molecule has 0 spiro atoms. The van der Waals surface area contributed by atoms with E-state index in [1.807, 2.05) is 0 Å². The van der Waals surface area contributed by atoms with E-state index in [2.05, 4.69) is 10.1 Å². The van der Waals surface area contributed by atoms with E-state index in [1.165, 1.54) is 31.6 Å². The number of hydrogen-bond acceptors (Lipinski definition) is 5. The first kappa shape index (κ1) is 16.4. The predicted octanol–water partition coefficient (Wildman–Crippen LogP) is 1.57. The normalized spacial score (nSPS) is 21.9. The number of hydrazone groups is 1. The summed E-state index contributed by atoms with van der Waals surface area (Å²) in [6, 6.07) is 2.50. The van der Waals surface area contributed by atoms with Crippen molar-refractivity contribution in [3.05, 3.63) is 30.1 Å². The molecule has 2 heterocycles. The van der Waals surface area contributed by atoms with Gasteiger partial charge < -0.3 is 9.84 Å². The lowest BCUT2D eigenvalue weighted by molar-refractivity contribution is -0.297. The maximum Gasteiger partial charge on any atom is 0.438 e. The van der Waals surface area contributed by atoms with E-state index in [0.717, 1.165) is 0 Å². The molecule has 1 aromatic heterocycles. The lowest BCUT2D eigenvalue weighted by Crippen LogP contribution is -2.56. The number of nitrogens with zero attached hydrogens (tertiary/aromatic N) is 3. The molecule has 120 valence electrons. The molecule has 2 rings (SSSR count). The Balaban J connectivity index is 2.34. The fraction of sp³-hybridized carbons (Fsp3) is 0.462. The lowest BCUT2D eigenvalue weighted by Gasteiger charge is -2.32. The number of amides is 1. The number of rotatable bonds is 4. The van der Waals surface area contributed by atoms with Gasteiger partial charge in [-0.2, -0.15) is 23.3 Å². The van der Waals surface area contributed by atoms with Gasteiger partial charge >= 0.3 is 6.18 Å². The van der Waals surface area contributed by atoms with Crippen LogP contribution >= 0.6 is 0 Å². The largest absolute Gasteiger partial charge is 0.438 e. The number of methoxy groups -OCH3 is 1. The zero-order chi connectivity index (χ0) is 16.4. The minimum absolute atomic E-state index is 0.0454. The van der Waals surface area contributed by atoms with Crippen LogP contribution in [0.4, 0.5) is 13.2 Å². The third kappa shape index (κ3) is 2.95. The highest BCUT2D eigenvalue weighted by Gasteiger charge is 2.63. The van der Waals surface area contributed by atoms with Gasteiger partial charge in [0.1, 0.15) is 0 Å². The van der Waals surface area contributed by atoms with Crippen molar-refractivity contribution in [1.29, 1.82) is 0 Å². The van der Waals surface area contributed by atoms with Crippen LogP contribution in [0.15, 0.2) is 29.6 Å². The van der Waals surface area contributed by atoms with Gasteiger partial charge in [0.15, 0.2) is 0 Å². The second-order valence-electron chi connectivity index (χ2n) is 4.75. The van der Waals surface area contributed by atoms with E-state index in [0.29, 0.717) is 0 Å². The Hall–Kier alpha value is -2.00. The van der Waals surface area contributed by atoms with Gasteiger partial charge in [0, 0.05) is 43.6 Å². The molecule has 0 fully saturated rings. The minimum Gasteiger partial charge on any atom is -0.384 e. The fourth-order valence-electron chi connectivity index (χ4n) is 2.03. The van der Waals surface area contributed by atoms with Crippen LogP contribution in [0, 0.1) is 0 Å². The third-order valence-electron chi connectivity index (χ3n) is 3.21. The average Bonchev–Trinajstić information content (AvgIpc) is 2.83. The summed E-state index contributed by atoms with van der Waals surface area (Å²) in [7, 11) is 1.39. The molecule has 1 N–H and O–H groups in total. The summed E-state index contributed by atoms with van der Waals surface area (Å²) >= 11 is 0. The highest BCUT2D eigenvalue weighted by molar-refractivity contribution is 5.98. The molecule has 1 amide bonds. The molecule has 22 heavy (non-hydrogen) atoms. The highest BCUT2D eigenvalue weighted by atomic mass is 19.4. The molecule has 9 heteroatoms. The molecule has 0 saturated carbocycles. The summed E-state index contributed by atoms with van der Waals surface area (Å²) < 4.78 is 44.4. The van der Waals surface area contributed by atoms with Crippen molar-refractivity contribution in [2.45, 2.75) is 24.7 Å². The molecule has 1 aliphatic heterocycles. The standard InChI is InChI=1S/C13H14F3N3O3/c1-22-7-4-10-8-12(21,13(14,15)16)19(18-10)11(20)9-2-5-17-6-3-9/h2-3,5-6,21H,4,7-8H2,1H3. The summed E-state index contributed by atoms with van der Waals surface area (Å²) in [4.78, 5) is 15.9. The summed E-state index contributed by atoms with van der Waals surface area (Å²) in [5, 5.41) is 13.7. The number of ether oxygens (including phenoxy) is 1. The van der Waals surface area contributed by atoms with Crippen LogP contribution in [0.2, 0.25) is 0 Å². The smallest absolute Gasteiger partial charge is 0.384 e. The first-order valence-electron chi connectivity index (χ1n) is 6.38. The van der Waals surface area contributed by atoms with E-state index < -0.39 is 24.2 Å². The minimum atomic E-state index is -5.03. The number of halogens is 3. The van der Waals surface area contributed by atoms with Crippen LogP contribution in [-0.2, 0) is 4.74 Å². The van der Waals surface area contributed by atoms with Crippen LogP contribution in [0.3, 0.4) is 0 Å². The first-order valence-corrected chi connectivity index (χ1v) is 6.38. The topological polar surface area (TPSA) is 75.0 Å². The number of alkyl halides is 3. The van der Waals surface area contributed by atoms with E-state index >= 15 is 0 Å². The molecule has 1 aliphatic rings. The number of pyridine rings is 1. The fourth-order valence-corrected chi connectivity index (χ4v) is 2.03. The molecule has 6 nitrogen and oxygen atoms in total. The second kappa shape index (κ2) is 6.01. The Morgan fingerprint density at radius 1 is 1.45 bits per heavy atom. The van der Waals surface area contributed by atoms with Crippen LogP contribution in [0.1, 0.15) is 23.2 Å². The first-order chi connectivity index (χ1) is 10.3. The van der Waals surface area contributed by atoms with Crippen LogP contribution in [0.5, 0.6) is 0 Å². The number of carbonyl (C=O) groups is 1. The summed E-state index contributed by atoms with van der Waals surface area (Å²) in [6.45, 7) is 0.143. The van der Waals surface area contributed by atoms with Gasteiger partial charge in [-0.05, 0) is 12.1 Å². The summed E-state index contributed by atoms with van der Waals surface area (Å²) in [6.07, 6.45) is -3.20. The van der Waals surface area contributed by atoms with Crippen molar-refractivity contribution in [3.8, 4) is 0 Å². The molecular weight excluding hydrogens is 303 g/mol. The van der Waals surface area contributed by atoms with Crippen LogP contribution in [0.25, 0.3) is 0 Å². The van der Waals surface area contributed by atoms with E-state index in [-0.39, 0.29) is 29.3 Å². The van der Waals surface area contributed by atoms with E-state index in [4.69, 9.17) is 4.74 Å². The molecule has 1 unspecified atom stereocenters. The Bertz CT molecular complexity index is 577. The van der Waals surface area contributed by atoms with E-state index in [9.17, 15) is 23.1 Å². The van der Waals surface area contributed by atoms with Crippen molar-refractivity contribution in [2.24, 2.45) is 5.10 Å². The molecular formula is C13H14F3N3O3. The number of aromatic nitrogens is 1. The van der Waals surface area contributed by atoms with Crippen molar-refractivity contribution in [1.82, 2.24) is 9.99 Å². The van der Waals surface area contributed by atoms with Crippen LogP contribution < -0.4 is 0 Å². The number of carbonyl (C=O) groups excluding carboxylic acids is 1. The molecule has 0 saturated heterocycles. The lowest BCUT2D eigenvalue weighted by atomic mass is 10.0. The van der Waals surface area contributed by atoms with Gasteiger partial charge in [-0.1, -0.05) is 0 Å². The zero-order valence-electron chi connectivity index (χ0n) is 11.7. The quantitative estimate of drug-likeness (QED) is 0.915. The third-order valence-corrected chi connectivity index (χ3v) is 3.21. The van der Waals surface area contributed by atoms with Crippen LogP contribution in [-0.4, -0.2) is 52.3 Å². The van der Waals surface area contributed by atoms with Crippen molar-refractivity contribution < 1.29 is 27.8 Å². The van der Waals surface area contributed by atoms with Crippen molar-refractivity contribution >= 4 is 11.6 Å². The van der Waals surface area contributed by atoms with Crippen molar-refractivity contribution in [3.63, 3.8) is 0 Å². The maximum absolute atomic E-state index is 13.2.